The number of nitrogens with one attached hydrogen (secondary N) is 2. The van der Waals surface area contributed by atoms with Crippen LogP contribution in [0.5, 0.6) is 0 Å². The summed E-state index contributed by atoms with van der Waals surface area (Å²) in [6.07, 6.45) is 7.38. The molecule has 2 rings (SSSR count). The Kier molecular flexibility index (Phi) is 5.00. The zero-order valence-corrected chi connectivity index (χ0v) is 12.4. The Balaban J connectivity index is 1.96. The molecule has 106 valence electrons. The maximum atomic E-state index is 4.54. The third kappa shape index (κ3) is 3.82. The van der Waals surface area contributed by atoms with Crippen molar-refractivity contribution in [3.63, 3.8) is 0 Å². The van der Waals surface area contributed by atoms with Crippen LogP contribution in [0.25, 0.3) is 0 Å². The topological polar surface area (TPSA) is 49.8 Å². The van der Waals surface area contributed by atoms with Gasteiger partial charge in [-0.05, 0) is 32.1 Å². The number of nitrogens with zero attached hydrogens (tertiary/aromatic N) is 2. The first-order chi connectivity index (χ1) is 9.20. The fraction of sp³-hybridized carbons (Fsp3) is 0.733. The first kappa shape index (κ1) is 14.1. The summed E-state index contributed by atoms with van der Waals surface area (Å²) >= 11 is 0. The van der Waals surface area contributed by atoms with Crippen LogP contribution in [-0.2, 0) is 0 Å². The van der Waals surface area contributed by atoms with Crippen LogP contribution in [0, 0.1) is 18.8 Å². The Labute approximate surface area is 116 Å². The molecular weight excluding hydrogens is 236 g/mol. The van der Waals surface area contributed by atoms with E-state index in [1.54, 1.807) is 0 Å². The second-order valence-corrected chi connectivity index (χ2v) is 5.66. The minimum Gasteiger partial charge on any atom is -0.369 e. The van der Waals surface area contributed by atoms with Crippen molar-refractivity contribution in [1.82, 2.24) is 9.97 Å². The molecule has 0 aliphatic heterocycles. The van der Waals surface area contributed by atoms with Gasteiger partial charge < -0.3 is 10.6 Å². The van der Waals surface area contributed by atoms with E-state index in [9.17, 15) is 0 Å². The Morgan fingerprint density at radius 3 is 2.79 bits per heavy atom. The molecule has 1 aliphatic carbocycles. The number of anilines is 2. The second-order valence-electron chi connectivity index (χ2n) is 5.66. The van der Waals surface area contributed by atoms with Crippen LogP contribution in [0.1, 0.15) is 45.1 Å². The summed E-state index contributed by atoms with van der Waals surface area (Å²) < 4.78 is 0. The first-order valence-corrected chi connectivity index (χ1v) is 7.52. The van der Waals surface area contributed by atoms with E-state index in [-0.39, 0.29) is 0 Å². The molecule has 0 aromatic carbocycles. The van der Waals surface area contributed by atoms with Gasteiger partial charge in [-0.2, -0.15) is 4.98 Å². The van der Waals surface area contributed by atoms with E-state index < -0.39 is 0 Å². The van der Waals surface area contributed by atoms with Crippen LogP contribution < -0.4 is 10.6 Å². The van der Waals surface area contributed by atoms with E-state index in [2.05, 4.69) is 41.4 Å². The normalized spacial score (nSPS) is 23.1. The van der Waals surface area contributed by atoms with E-state index >= 15 is 0 Å². The van der Waals surface area contributed by atoms with Crippen molar-refractivity contribution in [3.05, 3.63) is 11.8 Å². The van der Waals surface area contributed by atoms with Crippen LogP contribution in [0.4, 0.5) is 11.8 Å². The van der Waals surface area contributed by atoms with E-state index in [1.807, 2.05) is 6.20 Å². The largest absolute Gasteiger partial charge is 0.369 e. The van der Waals surface area contributed by atoms with Gasteiger partial charge in [-0.1, -0.05) is 26.2 Å². The third-order valence-corrected chi connectivity index (χ3v) is 4.13. The highest BCUT2D eigenvalue weighted by Gasteiger charge is 2.21. The van der Waals surface area contributed by atoms with Gasteiger partial charge >= 0.3 is 0 Å². The maximum absolute atomic E-state index is 4.54. The van der Waals surface area contributed by atoms with Crippen LogP contribution in [0.3, 0.4) is 0 Å². The molecule has 1 heterocycles. The van der Waals surface area contributed by atoms with E-state index in [0.717, 1.165) is 36.3 Å². The van der Waals surface area contributed by atoms with E-state index in [4.69, 9.17) is 0 Å². The van der Waals surface area contributed by atoms with E-state index in [1.165, 1.54) is 25.7 Å². The molecule has 4 heteroatoms. The lowest BCUT2D eigenvalue weighted by molar-refractivity contribution is 0.268. The molecule has 2 atom stereocenters. The van der Waals surface area contributed by atoms with Crippen molar-refractivity contribution >= 4 is 11.8 Å². The van der Waals surface area contributed by atoms with Crippen molar-refractivity contribution in [2.45, 2.75) is 46.5 Å². The summed E-state index contributed by atoms with van der Waals surface area (Å²) in [4.78, 5) is 8.81. The molecule has 4 nitrogen and oxygen atoms in total. The van der Waals surface area contributed by atoms with Gasteiger partial charge in [-0.25, -0.2) is 4.98 Å². The molecule has 1 aliphatic rings. The smallest absolute Gasteiger partial charge is 0.224 e. The molecule has 19 heavy (non-hydrogen) atoms. The average molecular weight is 262 g/mol. The minimum atomic E-state index is 0.715. The molecule has 1 aromatic rings. The summed E-state index contributed by atoms with van der Waals surface area (Å²) in [5.41, 5.74) is 1.12. The van der Waals surface area contributed by atoms with Crippen molar-refractivity contribution in [2.75, 3.05) is 23.7 Å². The maximum Gasteiger partial charge on any atom is 0.224 e. The fourth-order valence-corrected chi connectivity index (χ4v) is 2.79. The lowest BCUT2D eigenvalue weighted by Gasteiger charge is -2.29. The summed E-state index contributed by atoms with van der Waals surface area (Å²) in [6, 6.07) is 0. The highest BCUT2D eigenvalue weighted by Crippen LogP contribution is 2.29. The van der Waals surface area contributed by atoms with Crippen molar-refractivity contribution in [3.8, 4) is 0 Å². The van der Waals surface area contributed by atoms with Crippen LogP contribution in [0.2, 0.25) is 0 Å². The highest BCUT2D eigenvalue weighted by molar-refractivity contribution is 5.46. The standard InChI is InChI=1S/C15H26N4/c1-4-16-15-18-9-12(3)14(19-15)17-10-13-8-6-5-7-11(13)2/h9,11,13H,4-8,10H2,1-3H3,(H2,16,17,18,19). The lowest BCUT2D eigenvalue weighted by atomic mass is 9.80. The summed E-state index contributed by atoms with van der Waals surface area (Å²) in [5, 5.41) is 6.68. The zero-order chi connectivity index (χ0) is 13.7. The zero-order valence-electron chi connectivity index (χ0n) is 12.4. The molecule has 0 spiro atoms. The quantitative estimate of drug-likeness (QED) is 0.853. The SMILES string of the molecule is CCNc1ncc(C)c(NCC2CCCCC2C)n1. The molecule has 0 bridgehead atoms. The molecule has 1 aromatic heterocycles. The number of rotatable bonds is 5. The van der Waals surface area contributed by atoms with Gasteiger partial charge in [-0.3, -0.25) is 0 Å². The monoisotopic (exact) mass is 262 g/mol. The summed E-state index contributed by atoms with van der Waals surface area (Å²) in [6.45, 7) is 8.37. The fourth-order valence-electron chi connectivity index (χ4n) is 2.79. The number of aromatic nitrogens is 2. The lowest BCUT2D eigenvalue weighted by Crippen LogP contribution is -2.25. The second kappa shape index (κ2) is 6.73. The molecular formula is C15H26N4. The Morgan fingerprint density at radius 1 is 1.26 bits per heavy atom. The van der Waals surface area contributed by atoms with Crippen molar-refractivity contribution in [2.24, 2.45) is 11.8 Å². The first-order valence-electron chi connectivity index (χ1n) is 7.52. The minimum absolute atomic E-state index is 0.715. The molecule has 2 unspecified atom stereocenters. The van der Waals surface area contributed by atoms with Gasteiger partial charge in [0.25, 0.3) is 0 Å². The van der Waals surface area contributed by atoms with Gasteiger partial charge in [0.2, 0.25) is 5.95 Å². The van der Waals surface area contributed by atoms with Gasteiger partial charge in [0, 0.05) is 24.8 Å². The number of hydrogen-bond acceptors (Lipinski definition) is 4. The molecule has 1 saturated carbocycles. The summed E-state index contributed by atoms with van der Waals surface area (Å²) in [7, 11) is 0. The summed E-state index contributed by atoms with van der Waals surface area (Å²) in [5.74, 6) is 3.30. The average Bonchev–Trinajstić information content (AvgIpc) is 2.41. The predicted molar refractivity (Wildman–Crippen MR) is 80.5 cm³/mol. The predicted octanol–water partition coefficient (Wildman–Crippen LogP) is 3.46. The number of hydrogen-bond donors (Lipinski definition) is 2. The Bertz CT molecular complexity index is 405. The van der Waals surface area contributed by atoms with Crippen molar-refractivity contribution < 1.29 is 0 Å². The van der Waals surface area contributed by atoms with E-state index in [0.29, 0.717) is 5.95 Å². The molecule has 0 amide bonds. The van der Waals surface area contributed by atoms with Gasteiger partial charge in [0.1, 0.15) is 5.82 Å². The van der Waals surface area contributed by atoms with Crippen molar-refractivity contribution in [1.29, 1.82) is 0 Å². The Hall–Kier alpha value is -1.32. The van der Waals surface area contributed by atoms with Gasteiger partial charge in [0.05, 0.1) is 0 Å². The Morgan fingerprint density at radius 2 is 2.05 bits per heavy atom. The number of aryl methyl sites for hydroxylation is 1. The van der Waals surface area contributed by atoms with Crippen LogP contribution in [0.15, 0.2) is 6.20 Å². The molecule has 0 radical (unpaired) electrons. The van der Waals surface area contributed by atoms with Gasteiger partial charge in [0.15, 0.2) is 0 Å². The third-order valence-electron chi connectivity index (χ3n) is 4.13. The van der Waals surface area contributed by atoms with Crippen LogP contribution >= 0.6 is 0 Å². The van der Waals surface area contributed by atoms with Crippen LogP contribution in [-0.4, -0.2) is 23.1 Å². The molecule has 2 N–H and O–H groups in total. The molecule has 1 fully saturated rings. The molecule has 0 saturated heterocycles. The van der Waals surface area contributed by atoms with Gasteiger partial charge in [-0.15, -0.1) is 0 Å². The highest BCUT2D eigenvalue weighted by atomic mass is 15.1.